The summed E-state index contributed by atoms with van der Waals surface area (Å²) >= 11 is 0. The molecule has 0 radical (unpaired) electrons. The quantitative estimate of drug-likeness (QED) is 0.918. The van der Waals surface area contributed by atoms with Crippen LogP contribution in [0.15, 0.2) is 18.2 Å². The first kappa shape index (κ1) is 15.4. The van der Waals surface area contributed by atoms with Crippen LogP contribution in [0.3, 0.4) is 0 Å². The molecule has 0 aromatic heterocycles. The third-order valence-electron chi connectivity index (χ3n) is 3.63. The zero-order valence-electron chi connectivity index (χ0n) is 12.2. The van der Waals surface area contributed by atoms with Gasteiger partial charge in [-0.2, -0.15) is 0 Å². The summed E-state index contributed by atoms with van der Waals surface area (Å²) < 4.78 is 33.3. The van der Waals surface area contributed by atoms with E-state index in [0.717, 1.165) is 6.07 Å². The highest BCUT2D eigenvalue weighted by atomic mass is 19.2. The van der Waals surface area contributed by atoms with Gasteiger partial charge >= 0.3 is 0 Å². The molecule has 0 amide bonds. The van der Waals surface area contributed by atoms with Crippen molar-refractivity contribution in [1.29, 1.82) is 0 Å². The topological polar surface area (TPSA) is 24.5 Å². The van der Waals surface area contributed by atoms with Gasteiger partial charge in [-0.05, 0) is 13.1 Å². The third-order valence-corrected chi connectivity index (χ3v) is 3.63. The second-order valence-electron chi connectivity index (χ2n) is 5.54. The molecule has 0 bridgehead atoms. The molecule has 1 heterocycles. The van der Waals surface area contributed by atoms with E-state index in [1.165, 1.54) is 0 Å². The van der Waals surface area contributed by atoms with Gasteiger partial charge in [-0.1, -0.05) is 26.0 Å². The van der Waals surface area contributed by atoms with Crippen molar-refractivity contribution < 1.29 is 13.5 Å². The summed E-state index contributed by atoms with van der Waals surface area (Å²) in [5.41, 5.74) is 0.364. The second-order valence-corrected chi connectivity index (χ2v) is 5.54. The molecule has 0 spiro atoms. The number of ether oxygens (including phenoxy) is 1. The lowest BCUT2D eigenvalue weighted by Crippen LogP contribution is -2.48. The number of morpholine rings is 1. The fraction of sp³-hybridized carbons (Fsp3) is 0.600. The fourth-order valence-electron chi connectivity index (χ4n) is 2.57. The van der Waals surface area contributed by atoms with Crippen molar-refractivity contribution in [2.45, 2.75) is 32.0 Å². The summed E-state index contributed by atoms with van der Waals surface area (Å²) in [4.78, 5) is 2.02. The molecule has 112 valence electrons. The van der Waals surface area contributed by atoms with E-state index in [-0.39, 0.29) is 12.1 Å². The Balaban J connectivity index is 2.25. The maximum atomic E-state index is 14.1. The Bertz CT molecular complexity index is 453. The summed E-state index contributed by atoms with van der Waals surface area (Å²) in [5, 5.41) is 3.30. The van der Waals surface area contributed by atoms with Crippen molar-refractivity contribution >= 4 is 0 Å². The number of likely N-dealkylation sites (N-methyl/N-ethyl adjacent to an activating group) is 1. The Morgan fingerprint density at radius 3 is 2.85 bits per heavy atom. The zero-order chi connectivity index (χ0) is 14.7. The normalized spacial score (nSPS) is 24.3. The zero-order valence-corrected chi connectivity index (χ0v) is 12.2. The molecule has 1 saturated heterocycles. The van der Waals surface area contributed by atoms with Gasteiger partial charge in [0.15, 0.2) is 11.6 Å². The Labute approximate surface area is 118 Å². The summed E-state index contributed by atoms with van der Waals surface area (Å²) in [6, 6.07) is 4.37. The lowest BCUT2D eigenvalue weighted by atomic mass is 9.97. The fourth-order valence-corrected chi connectivity index (χ4v) is 2.57. The molecule has 2 unspecified atom stereocenters. The largest absolute Gasteiger partial charge is 0.374 e. The third kappa shape index (κ3) is 3.34. The maximum absolute atomic E-state index is 14.1. The maximum Gasteiger partial charge on any atom is 0.163 e. The predicted octanol–water partition coefficient (Wildman–Crippen LogP) is 2.33. The molecule has 1 aromatic carbocycles. The number of benzene rings is 1. The van der Waals surface area contributed by atoms with Gasteiger partial charge in [0.1, 0.15) is 0 Å². The van der Waals surface area contributed by atoms with Crippen molar-refractivity contribution in [2.24, 2.45) is 0 Å². The van der Waals surface area contributed by atoms with E-state index in [4.69, 9.17) is 4.74 Å². The lowest BCUT2D eigenvalue weighted by molar-refractivity contribution is -0.0631. The van der Waals surface area contributed by atoms with E-state index in [0.29, 0.717) is 31.3 Å². The molecule has 1 aromatic rings. The molecular weight excluding hydrogens is 262 g/mol. The minimum Gasteiger partial charge on any atom is -0.374 e. The Morgan fingerprint density at radius 1 is 1.40 bits per heavy atom. The summed E-state index contributed by atoms with van der Waals surface area (Å²) in [6.45, 7) is 6.02. The first-order chi connectivity index (χ1) is 9.50. The van der Waals surface area contributed by atoms with Crippen molar-refractivity contribution in [3.05, 3.63) is 35.4 Å². The molecule has 5 heteroatoms. The van der Waals surface area contributed by atoms with Crippen molar-refractivity contribution in [3.63, 3.8) is 0 Å². The first-order valence-corrected chi connectivity index (χ1v) is 7.00. The molecule has 0 saturated carbocycles. The van der Waals surface area contributed by atoms with Crippen LogP contribution in [-0.4, -0.2) is 43.8 Å². The lowest BCUT2D eigenvalue weighted by Gasteiger charge is -2.40. The van der Waals surface area contributed by atoms with E-state index < -0.39 is 11.6 Å². The van der Waals surface area contributed by atoms with E-state index >= 15 is 0 Å². The Morgan fingerprint density at radius 2 is 2.15 bits per heavy atom. The molecule has 2 atom stereocenters. The standard InChI is InChI=1S/C15H22F2N2O/c1-10(2)18-9-13-15(19(3)7-8-20-13)11-5-4-6-12(16)14(11)17/h4-6,10,13,15,18H,7-9H2,1-3H3. The van der Waals surface area contributed by atoms with Crippen LogP contribution in [0.1, 0.15) is 25.5 Å². The van der Waals surface area contributed by atoms with Crippen molar-refractivity contribution in [1.82, 2.24) is 10.2 Å². The molecule has 1 N–H and O–H groups in total. The van der Waals surface area contributed by atoms with Gasteiger partial charge in [-0.15, -0.1) is 0 Å². The predicted molar refractivity (Wildman–Crippen MR) is 74.6 cm³/mol. The highest BCUT2D eigenvalue weighted by Gasteiger charge is 2.33. The van der Waals surface area contributed by atoms with E-state index in [9.17, 15) is 8.78 Å². The van der Waals surface area contributed by atoms with Crippen LogP contribution in [0.4, 0.5) is 8.78 Å². The highest BCUT2D eigenvalue weighted by Crippen LogP contribution is 2.30. The summed E-state index contributed by atoms with van der Waals surface area (Å²) in [5.74, 6) is -1.58. The van der Waals surface area contributed by atoms with Gasteiger partial charge in [0.05, 0.1) is 18.8 Å². The van der Waals surface area contributed by atoms with E-state index in [1.807, 2.05) is 25.8 Å². The SMILES string of the molecule is CC(C)NCC1OCCN(C)C1c1cccc(F)c1F. The van der Waals surface area contributed by atoms with Gasteiger partial charge in [-0.3, -0.25) is 4.90 Å². The Kier molecular flexibility index (Phi) is 5.07. The molecule has 1 aliphatic heterocycles. The van der Waals surface area contributed by atoms with E-state index in [1.54, 1.807) is 12.1 Å². The molecule has 20 heavy (non-hydrogen) atoms. The average molecular weight is 284 g/mol. The monoisotopic (exact) mass is 284 g/mol. The van der Waals surface area contributed by atoms with Crippen molar-refractivity contribution in [2.75, 3.05) is 26.7 Å². The molecular formula is C15H22F2N2O. The summed E-state index contributed by atoms with van der Waals surface area (Å²) in [7, 11) is 1.92. The van der Waals surface area contributed by atoms with Crippen LogP contribution in [0, 0.1) is 11.6 Å². The van der Waals surface area contributed by atoms with Gasteiger partial charge in [0.2, 0.25) is 0 Å². The number of rotatable bonds is 4. The van der Waals surface area contributed by atoms with Crippen molar-refractivity contribution in [3.8, 4) is 0 Å². The van der Waals surface area contributed by atoms with Gasteiger partial charge in [0.25, 0.3) is 0 Å². The minimum absolute atomic E-state index is 0.188. The first-order valence-electron chi connectivity index (χ1n) is 7.00. The Hall–Kier alpha value is -1.04. The molecule has 3 nitrogen and oxygen atoms in total. The summed E-state index contributed by atoms with van der Waals surface area (Å²) in [6.07, 6.45) is -0.188. The van der Waals surface area contributed by atoms with Crippen LogP contribution in [-0.2, 0) is 4.74 Å². The van der Waals surface area contributed by atoms with Crippen LogP contribution >= 0.6 is 0 Å². The number of hydrogen-bond donors (Lipinski definition) is 1. The van der Waals surface area contributed by atoms with Crippen LogP contribution < -0.4 is 5.32 Å². The second kappa shape index (κ2) is 6.61. The average Bonchev–Trinajstić information content (AvgIpc) is 2.40. The number of nitrogens with zero attached hydrogens (tertiary/aromatic N) is 1. The smallest absolute Gasteiger partial charge is 0.163 e. The number of halogens is 2. The molecule has 0 aliphatic carbocycles. The molecule has 1 aliphatic rings. The van der Waals surface area contributed by atoms with E-state index in [2.05, 4.69) is 5.32 Å². The molecule has 1 fully saturated rings. The van der Waals surface area contributed by atoms with Gasteiger partial charge in [-0.25, -0.2) is 8.78 Å². The molecule has 2 rings (SSSR count). The van der Waals surface area contributed by atoms with Crippen LogP contribution in [0.2, 0.25) is 0 Å². The van der Waals surface area contributed by atoms with Gasteiger partial charge < -0.3 is 10.1 Å². The van der Waals surface area contributed by atoms with Crippen LogP contribution in [0.5, 0.6) is 0 Å². The highest BCUT2D eigenvalue weighted by molar-refractivity contribution is 5.24. The van der Waals surface area contributed by atoms with Crippen LogP contribution in [0.25, 0.3) is 0 Å². The van der Waals surface area contributed by atoms with Gasteiger partial charge in [0, 0.05) is 24.7 Å². The minimum atomic E-state index is -0.808. The number of nitrogens with one attached hydrogen (secondary N) is 1. The number of hydrogen-bond acceptors (Lipinski definition) is 3.